The highest BCUT2D eigenvalue weighted by atomic mass is 16.5. The van der Waals surface area contributed by atoms with Gasteiger partial charge in [-0.15, -0.1) is 0 Å². The van der Waals surface area contributed by atoms with Crippen molar-refractivity contribution in [3.63, 3.8) is 0 Å². The minimum absolute atomic E-state index is 0.195. The third kappa shape index (κ3) is 1.73. The van der Waals surface area contributed by atoms with E-state index in [-0.39, 0.29) is 5.54 Å². The summed E-state index contributed by atoms with van der Waals surface area (Å²) in [6.07, 6.45) is 5.19. The Bertz CT molecular complexity index is 160. The molecule has 0 amide bonds. The summed E-state index contributed by atoms with van der Waals surface area (Å²) in [6.45, 7) is 4.95. The highest BCUT2D eigenvalue weighted by molar-refractivity contribution is 4.95. The fourth-order valence-electron chi connectivity index (χ4n) is 2.50. The fourth-order valence-corrected chi connectivity index (χ4v) is 2.50. The molecule has 0 radical (unpaired) electrons. The zero-order valence-electron chi connectivity index (χ0n) is 8.30. The summed E-state index contributed by atoms with van der Waals surface area (Å²) in [5.41, 5.74) is 6.07. The Kier molecular flexibility index (Phi) is 2.86. The third-order valence-electron chi connectivity index (χ3n) is 3.49. The molecule has 2 N–H and O–H groups in total. The zero-order valence-corrected chi connectivity index (χ0v) is 8.30. The average Bonchev–Trinajstić information content (AvgIpc) is 2.69. The molecule has 2 heterocycles. The van der Waals surface area contributed by atoms with Crippen LogP contribution in [0.3, 0.4) is 0 Å². The van der Waals surface area contributed by atoms with Gasteiger partial charge in [0, 0.05) is 13.2 Å². The van der Waals surface area contributed by atoms with Crippen LogP contribution >= 0.6 is 0 Å². The second-order valence-corrected chi connectivity index (χ2v) is 4.28. The molecule has 3 heteroatoms. The minimum Gasteiger partial charge on any atom is -0.379 e. The van der Waals surface area contributed by atoms with E-state index in [0.717, 1.165) is 26.2 Å². The van der Waals surface area contributed by atoms with E-state index >= 15 is 0 Å². The van der Waals surface area contributed by atoms with Gasteiger partial charge in [0.05, 0.1) is 12.1 Å². The molecule has 0 aromatic carbocycles. The topological polar surface area (TPSA) is 38.5 Å². The van der Waals surface area contributed by atoms with E-state index in [9.17, 15) is 0 Å². The van der Waals surface area contributed by atoms with Gasteiger partial charge in [0.15, 0.2) is 0 Å². The van der Waals surface area contributed by atoms with Gasteiger partial charge in [-0.1, -0.05) is 6.42 Å². The summed E-state index contributed by atoms with van der Waals surface area (Å²) < 4.78 is 5.48. The van der Waals surface area contributed by atoms with E-state index < -0.39 is 0 Å². The second-order valence-electron chi connectivity index (χ2n) is 4.28. The first-order valence-corrected chi connectivity index (χ1v) is 5.40. The molecule has 3 nitrogen and oxygen atoms in total. The maximum absolute atomic E-state index is 5.88. The predicted octanol–water partition coefficient (Wildman–Crippen LogP) is 0.590. The number of piperidine rings is 1. The van der Waals surface area contributed by atoms with E-state index in [1.54, 1.807) is 0 Å². The summed E-state index contributed by atoms with van der Waals surface area (Å²) in [6, 6.07) is 0. The lowest BCUT2D eigenvalue weighted by molar-refractivity contribution is 0.0562. The van der Waals surface area contributed by atoms with E-state index in [1.807, 2.05) is 0 Å². The van der Waals surface area contributed by atoms with Gasteiger partial charge < -0.3 is 10.5 Å². The molecule has 0 saturated carbocycles. The molecule has 2 aliphatic heterocycles. The molecule has 76 valence electrons. The third-order valence-corrected chi connectivity index (χ3v) is 3.49. The molecule has 13 heavy (non-hydrogen) atoms. The van der Waals surface area contributed by atoms with Crippen molar-refractivity contribution in [1.82, 2.24) is 4.90 Å². The summed E-state index contributed by atoms with van der Waals surface area (Å²) in [7, 11) is 0. The summed E-state index contributed by atoms with van der Waals surface area (Å²) in [5.74, 6) is 0. The number of hydrogen-bond donors (Lipinski definition) is 1. The standard InChI is InChI=1S/C10H20N2O/c11-8-10(4-7-13-9-10)12-5-2-1-3-6-12/h1-9,11H2. The summed E-state index contributed by atoms with van der Waals surface area (Å²) in [4.78, 5) is 2.56. The van der Waals surface area contributed by atoms with E-state index in [1.165, 1.54) is 32.4 Å². The number of rotatable bonds is 2. The molecule has 1 unspecified atom stereocenters. The molecule has 2 aliphatic rings. The van der Waals surface area contributed by atoms with Crippen LogP contribution in [-0.2, 0) is 4.74 Å². The van der Waals surface area contributed by atoms with Gasteiger partial charge in [-0.3, -0.25) is 4.90 Å². The van der Waals surface area contributed by atoms with Crippen LogP contribution in [0.5, 0.6) is 0 Å². The summed E-state index contributed by atoms with van der Waals surface area (Å²) >= 11 is 0. The van der Waals surface area contributed by atoms with Crippen LogP contribution in [0.4, 0.5) is 0 Å². The lowest BCUT2D eigenvalue weighted by atomic mass is 9.93. The van der Waals surface area contributed by atoms with Crippen LogP contribution < -0.4 is 5.73 Å². The zero-order chi connectivity index (χ0) is 9.15. The number of ether oxygens (including phenoxy) is 1. The average molecular weight is 184 g/mol. The van der Waals surface area contributed by atoms with Crippen molar-refractivity contribution < 1.29 is 4.74 Å². The van der Waals surface area contributed by atoms with Gasteiger partial charge in [0.1, 0.15) is 0 Å². The van der Waals surface area contributed by atoms with E-state index in [4.69, 9.17) is 10.5 Å². The van der Waals surface area contributed by atoms with Crippen molar-refractivity contribution in [3.05, 3.63) is 0 Å². The van der Waals surface area contributed by atoms with Crippen LogP contribution in [0.25, 0.3) is 0 Å². The number of nitrogens with zero attached hydrogens (tertiary/aromatic N) is 1. The van der Waals surface area contributed by atoms with Gasteiger partial charge in [-0.05, 0) is 32.4 Å². The Balaban J connectivity index is 2.01. The SMILES string of the molecule is NCC1(N2CCCCC2)CCOC1. The molecule has 0 bridgehead atoms. The first kappa shape index (κ1) is 9.44. The largest absolute Gasteiger partial charge is 0.379 e. The number of hydrogen-bond acceptors (Lipinski definition) is 3. The Hall–Kier alpha value is -0.120. The lowest BCUT2D eigenvalue weighted by Crippen LogP contribution is -2.56. The molecular weight excluding hydrogens is 164 g/mol. The normalized spacial score (nSPS) is 36.7. The number of nitrogens with two attached hydrogens (primary N) is 1. The molecule has 2 fully saturated rings. The first-order valence-electron chi connectivity index (χ1n) is 5.40. The second kappa shape index (κ2) is 3.95. The maximum Gasteiger partial charge on any atom is 0.0663 e. The smallest absolute Gasteiger partial charge is 0.0663 e. The van der Waals surface area contributed by atoms with Crippen LogP contribution in [0.1, 0.15) is 25.7 Å². The van der Waals surface area contributed by atoms with E-state index in [2.05, 4.69) is 4.90 Å². The van der Waals surface area contributed by atoms with Gasteiger partial charge in [0.25, 0.3) is 0 Å². The van der Waals surface area contributed by atoms with Gasteiger partial charge in [-0.25, -0.2) is 0 Å². The quantitative estimate of drug-likeness (QED) is 0.682. The molecular formula is C10H20N2O. The Morgan fingerprint density at radius 3 is 2.54 bits per heavy atom. The molecule has 0 spiro atoms. The van der Waals surface area contributed by atoms with Crippen LogP contribution in [0.2, 0.25) is 0 Å². The van der Waals surface area contributed by atoms with Crippen LogP contribution in [-0.4, -0.2) is 43.3 Å². The van der Waals surface area contributed by atoms with Crippen molar-refractivity contribution >= 4 is 0 Å². The van der Waals surface area contributed by atoms with Crippen LogP contribution in [0, 0.1) is 0 Å². The van der Waals surface area contributed by atoms with Crippen molar-refractivity contribution in [2.45, 2.75) is 31.2 Å². The van der Waals surface area contributed by atoms with Gasteiger partial charge in [0.2, 0.25) is 0 Å². The highest BCUT2D eigenvalue weighted by Gasteiger charge is 2.39. The van der Waals surface area contributed by atoms with Crippen molar-refractivity contribution in [3.8, 4) is 0 Å². The first-order chi connectivity index (χ1) is 6.37. The number of likely N-dealkylation sites (tertiary alicyclic amines) is 1. The minimum atomic E-state index is 0.195. The Morgan fingerprint density at radius 2 is 2.00 bits per heavy atom. The van der Waals surface area contributed by atoms with Crippen molar-refractivity contribution in [1.29, 1.82) is 0 Å². The predicted molar refractivity (Wildman–Crippen MR) is 52.6 cm³/mol. The molecule has 2 saturated heterocycles. The molecule has 0 aromatic rings. The van der Waals surface area contributed by atoms with Gasteiger partial charge >= 0.3 is 0 Å². The molecule has 0 aliphatic carbocycles. The molecule has 0 aromatic heterocycles. The molecule has 2 rings (SSSR count). The maximum atomic E-state index is 5.88. The van der Waals surface area contributed by atoms with Crippen LogP contribution in [0.15, 0.2) is 0 Å². The van der Waals surface area contributed by atoms with E-state index in [0.29, 0.717) is 0 Å². The Labute approximate surface area is 80.2 Å². The van der Waals surface area contributed by atoms with Crippen molar-refractivity contribution in [2.24, 2.45) is 5.73 Å². The summed E-state index contributed by atoms with van der Waals surface area (Å²) in [5, 5.41) is 0. The monoisotopic (exact) mass is 184 g/mol. The Morgan fingerprint density at radius 1 is 1.23 bits per heavy atom. The highest BCUT2D eigenvalue weighted by Crippen LogP contribution is 2.28. The lowest BCUT2D eigenvalue weighted by Gasteiger charge is -2.41. The van der Waals surface area contributed by atoms with Gasteiger partial charge in [-0.2, -0.15) is 0 Å². The fraction of sp³-hybridized carbons (Fsp3) is 1.00. The van der Waals surface area contributed by atoms with Crippen molar-refractivity contribution in [2.75, 3.05) is 32.8 Å². The molecule has 1 atom stereocenters.